The van der Waals surface area contributed by atoms with Crippen molar-refractivity contribution in [2.24, 2.45) is 0 Å². The number of nitrogens with zero attached hydrogens (tertiary/aromatic N) is 2. The molecule has 1 aliphatic heterocycles. The Morgan fingerprint density at radius 2 is 1.84 bits per heavy atom. The van der Waals surface area contributed by atoms with Crippen molar-refractivity contribution in [1.82, 2.24) is 14.5 Å². The standard InChI is InChI=1S/C32H29N3O3/c1-37-32(36)28-4-2-3-26(31(28)27-10-9-24-11-13-33-29(24)22-27)8-6-23-5-7-25-12-14-35(30(25)21-23)16-15-34-17-19-38-20-18-34/h2-5,7,9-14,21-22,33H,15-20H2,1H3. The molecule has 1 fully saturated rings. The molecule has 0 atom stereocenters. The zero-order chi connectivity index (χ0) is 25.9. The van der Waals surface area contributed by atoms with Crippen LogP contribution in [-0.4, -0.2) is 60.4 Å². The minimum Gasteiger partial charge on any atom is -0.465 e. The Bertz CT molecular complexity index is 1680. The lowest BCUT2D eigenvalue weighted by molar-refractivity contribution is 0.0365. The smallest absolute Gasteiger partial charge is 0.338 e. The van der Waals surface area contributed by atoms with Crippen LogP contribution in [0.25, 0.3) is 32.9 Å². The predicted octanol–water partition coefficient (Wildman–Crippen LogP) is 5.31. The number of aromatic amines is 1. The van der Waals surface area contributed by atoms with E-state index in [0.29, 0.717) is 5.56 Å². The number of aromatic nitrogens is 2. The van der Waals surface area contributed by atoms with Crippen molar-refractivity contribution >= 4 is 27.8 Å². The second-order valence-electron chi connectivity index (χ2n) is 9.49. The number of hydrogen-bond donors (Lipinski definition) is 1. The van der Waals surface area contributed by atoms with E-state index >= 15 is 0 Å². The summed E-state index contributed by atoms with van der Waals surface area (Å²) >= 11 is 0. The summed E-state index contributed by atoms with van der Waals surface area (Å²) in [5.41, 5.74) is 6.07. The zero-order valence-electron chi connectivity index (χ0n) is 21.4. The highest BCUT2D eigenvalue weighted by Crippen LogP contribution is 2.31. The van der Waals surface area contributed by atoms with Crippen LogP contribution >= 0.6 is 0 Å². The monoisotopic (exact) mass is 503 g/mol. The van der Waals surface area contributed by atoms with Gasteiger partial charge in [-0.3, -0.25) is 4.90 Å². The molecule has 0 unspecified atom stereocenters. The van der Waals surface area contributed by atoms with Gasteiger partial charge in [0.15, 0.2) is 0 Å². The first-order chi connectivity index (χ1) is 18.7. The van der Waals surface area contributed by atoms with Gasteiger partial charge in [-0.2, -0.15) is 0 Å². The number of hydrogen-bond acceptors (Lipinski definition) is 4. The van der Waals surface area contributed by atoms with E-state index in [4.69, 9.17) is 9.47 Å². The topological polar surface area (TPSA) is 59.5 Å². The fourth-order valence-electron chi connectivity index (χ4n) is 5.12. The highest BCUT2D eigenvalue weighted by Gasteiger charge is 2.17. The van der Waals surface area contributed by atoms with Crippen LogP contribution < -0.4 is 0 Å². The lowest BCUT2D eigenvalue weighted by atomic mass is 9.93. The SMILES string of the molecule is COC(=O)c1cccc(C#Cc2ccc3ccn(CCN4CCOCC4)c3c2)c1-c1ccc2cc[nH]c2c1. The molecule has 1 aliphatic rings. The number of esters is 1. The second kappa shape index (κ2) is 10.6. The minimum atomic E-state index is -0.380. The Hall–Kier alpha value is -4.31. The largest absolute Gasteiger partial charge is 0.465 e. The van der Waals surface area contributed by atoms with Gasteiger partial charge >= 0.3 is 5.97 Å². The fourth-order valence-corrected chi connectivity index (χ4v) is 5.12. The molecule has 190 valence electrons. The van der Waals surface area contributed by atoms with E-state index in [0.717, 1.165) is 72.5 Å². The first-order valence-corrected chi connectivity index (χ1v) is 12.9. The number of carbonyl (C=O) groups excluding carboxylic acids is 1. The van der Waals surface area contributed by atoms with E-state index in [1.807, 2.05) is 36.5 Å². The van der Waals surface area contributed by atoms with E-state index in [1.165, 1.54) is 18.0 Å². The lowest BCUT2D eigenvalue weighted by Gasteiger charge is -2.26. The third-order valence-corrected chi connectivity index (χ3v) is 7.19. The number of nitrogens with one attached hydrogen (secondary N) is 1. The lowest BCUT2D eigenvalue weighted by Crippen LogP contribution is -2.38. The first-order valence-electron chi connectivity index (χ1n) is 12.9. The second-order valence-corrected chi connectivity index (χ2v) is 9.49. The zero-order valence-corrected chi connectivity index (χ0v) is 21.4. The van der Waals surface area contributed by atoms with Gasteiger partial charge in [0, 0.05) is 66.3 Å². The molecule has 0 spiro atoms. The van der Waals surface area contributed by atoms with E-state index in [1.54, 1.807) is 6.07 Å². The Labute approximate surface area is 221 Å². The maximum Gasteiger partial charge on any atom is 0.338 e. The van der Waals surface area contributed by atoms with Crippen molar-refractivity contribution in [3.63, 3.8) is 0 Å². The molecule has 3 heterocycles. The van der Waals surface area contributed by atoms with Gasteiger partial charge in [-0.05, 0) is 58.8 Å². The van der Waals surface area contributed by atoms with Crippen molar-refractivity contribution in [3.05, 3.63) is 95.8 Å². The van der Waals surface area contributed by atoms with E-state index in [2.05, 4.69) is 62.8 Å². The summed E-state index contributed by atoms with van der Waals surface area (Å²) in [6.45, 7) is 5.51. The predicted molar refractivity (Wildman–Crippen MR) is 150 cm³/mol. The number of ether oxygens (including phenoxy) is 2. The quantitative estimate of drug-likeness (QED) is 0.261. The van der Waals surface area contributed by atoms with Crippen molar-refractivity contribution in [1.29, 1.82) is 0 Å². The highest BCUT2D eigenvalue weighted by molar-refractivity contribution is 6.00. The van der Waals surface area contributed by atoms with E-state index in [9.17, 15) is 4.79 Å². The van der Waals surface area contributed by atoms with Crippen LogP contribution in [0.3, 0.4) is 0 Å². The summed E-state index contributed by atoms with van der Waals surface area (Å²) < 4.78 is 12.9. The molecule has 0 radical (unpaired) electrons. The number of H-pyrrole nitrogens is 1. The Balaban J connectivity index is 1.35. The van der Waals surface area contributed by atoms with Crippen LogP contribution in [0.1, 0.15) is 21.5 Å². The molecule has 0 saturated carbocycles. The van der Waals surface area contributed by atoms with Gasteiger partial charge in [-0.15, -0.1) is 0 Å². The highest BCUT2D eigenvalue weighted by atomic mass is 16.5. The number of fused-ring (bicyclic) bond motifs is 2. The molecule has 6 nitrogen and oxygen atoms in total. The molecule has 3 aromatic carbocycles. The maximum absolute atomic E-state index is 12.7. The average Bonchev–Trinajstić information content (AvgIpc) is 3.61. The summed E-state index contributed by atoms with van der Waals surface area (Å²) in [4.78, 5) is 18.4. The molecule has 1 N–H and O–H groups in total. The van der Waals surface area contributed by atoms with Crippen molar-refractivity contribution in [2.45, 2.75) is 6.54 Å². The van der Waals surface area contributed by atoms with Gasteiger partial charge < -0.3 is 19.0 Å². The van der Waals surface area contributed by atoms with Crippen molar-refractivity contribution in [3.8, 4) is 23.0 Å². The number of morpholine rings is 1. The van der Waals surface area contributed by atoms with E-state index in [-0.39, 0.29) is 5.97 Å². The van der Waals surface area contributed by atoms with Crippen LogP contribution in [0.5, 0.6) is 0 Å². The van der Waals surface area contributed by atoms with Gasteiger partial charge in [0.25, 0.3) is 0 Å². The number of methoxy groups -OCH3 is 1. The average molecular weight is 504 g/mol. The van der Waals surface area contributed by atoms with Gasteiger partial charge in [-0.25, -0.2) is 4.79 Å². The fraction of sp³-hybridized carbons (Fsp3) is 0.219. The van der Waals surface area contributed by atoms with Gasteiger partial charge in [0.2, 0.25) is 0 Å². The normalized spacial score (nSPS) is 13.9. The van der Waals surface area contributed by atoms with Crippen molar-refractivity contribution in [2.75, 3.05) is 40.0 Å². The van der Waals surface area contributed by atoms with Crippen LogP contribution in [-0.2, 0) is 16.0 Å². The van der Waals surface area contributed by atoms with E-state index < -0.39 is 0 Å². The molecule has 5 aromatic rings. The van der Waals surface area contributed by atoms with Crippen LogP contribution in [0, 0.1) is 11.8 Å². The molecule has 1 saturated heterocycles. The molecule has 0 aliphatic carbocycles. The van der Waals surface area contributed by atoms with Crippen molar-refractivity contribution < 1.29 is 14.3 Å². The van der Waals surface area contributed by atoms with Crippen LogP contribution in [0.15, 0.2) is 79.1 Å². The molecule has 0 amide bonds. The van der Waals surface area contributed by atoms with Crippen LogP contribution in [0.4, 0.5) is 0 Å². The molecule has 6 rings (SSSR count). The molecular formula is C32H29N3O3. The third-order valence-electron chi connectivity index (χ3n) is 7.19. The number of benzene rings is 3. The summed E-state index contributed by atoms with van der Waals surface area (Å²) in [7, 11) is 1.40. The van der Waals surface area contributed by atoms with Crippen LogP contribution in [0.2, 0.25) is 0 Å². The summed E-state index contributed by atoms with van der Waals surface area (Å²) in [6, 6.07) is 22.2. The third kappa shape index (κ3) is 4.82. The Kier molecular flexibility index (Phi) is 6.70. The number of rotatable bonds is 5. The summed E-state index contributed by atoms with van der Waals surface area (Å²) in [5.74, 6) is 6.32. The molecular weight excluding hydrogens is 474 g/mol. The molecule has 6 heteroatoms. The molecule has 2 aromatic heterocycles. The molecule has 38 heavy (non-hydrogen) atoms. The summed E-state index contributed by atoms with van der Waals surface area (Å²) in [6.07, 6.45) is 4.06. The summed E-state index contributed by atoms with van der Waals surface area (Å²) in [5, 5.41) is 2.31. The maximum atomic E-state index is 12.7. The van der Waals surface area contributed by atoms with Gasteiger partial charge in [0.1, 0.15) is 0 Å². The number of carbonyl (C=O) groups is 1. The van der Waals surface area contributed by atoms with Gasteiger partial charge in [-0.1, -0.05) is 36.1 Å². The first kappa shape index (κ1) is 24.1. The Morgan fingerprint density at radius 3 is 2.71 bits per heavy atom. The Morgan fingerprint density at radius 1 is 0.974 bits per heavy atom. The minimum absolute atomic E-state index is 0.380. The van der Waals surface area contributed by atoms with Gasteiger partial charge in [0.05, 0.1) is 25.9 Å². The molecule has 0 bridgehead atoms.